The first-order valence-corrected chi connectivity index (χ1v) is 6.38. The molecular formula is C12H15N3OS. The lowest BCUT2D eigenvalue weighted by molar-refractivity contribution is 0.484. The van der Waals surface area contributed by atoms with E-state index < -0.39 is 0 Å². The van der Waals surface area contributed by atoms with Gasteiger partial charge in [0.2, 0.25) is 0 Å². The first-order valence-electron chi connectivity index (χ1n) is 5.50. The van der Waals surface area contributed by atoms with E-state index in [0.717, 1.165) is 23.9 Å². The van der Waals surface area contributed by atoms with Crippen LogP contribution in [0.3, 0.4) is 0 Å². The molecule has 1 unspecified atom stereocenters. The van der Waals surface area contributed by atoms with Crippen molar-refractivity contribution >= 4 is 11.8 Å². The largest absolute Gasteiger partial charge is 0.468 e. The van der Waals surface area contributed by atoms with Gasteiger partial charge in [0.05, 0.1) is 19.0 Å². The van der Waals surface area contributed by atoms with Crippen molar-refractivity contribution in [1.82, 2.24) is 15.3 Å². The monoisotopic (exact) mass is 249 g/mol. The Morgan fingerprint density at radius 3 is 3.12 bits per heavy atom. The van der Waals surface area contributed by atoms with Crippen LogP contribution in [0.5, 0.6) is 0 Å². The molecule has 2 rings (SSSR count). The maximum Gasteiger partial charge on any atom is 0.117 e. The summed E-state index contributed by atoms with van der Waals surface area (Å²) in [6.07, 6.45) is 6.87. The zero-order valence-electron chi connectivity index (χ0n) is 9.67. The Kier molecular flexibility index (Phi) is 4.58. The summed E-state index contributed by atoms with van der Waals surface area (Å²) in [5.74, 6) is 0.960. The van der Waals surface area contributed by atoms with Gasteiger partial charge >= 0.3 is 0 Å². The molecule has 1 N–H and O–H groups in total. The Labute approximate surface area is 105 Å². The van der Waals surface area contributed by atoms with Gasteiger partial charge in [-0.1, -0.05) is 6.92 Å². The van der Waals surface area contributed by atoms with E-state index >= 15 is 0 Å². The Balaban J connectivity index is 1.69. The van der Waals surface area contributed by atoms with Crippen LogP contribution in [0, 0.1) is 0 Å². The third-order valence-corrected chi connectivity index (χ3v) is 3.19. The molecule has 17 heavy (non-hydrogen) atoms. The third-order valence-electron chi connectivity index (χ3n) is 2.17. The summed E-state index contributed by atoms with van der Waals surface area (Å²) in [4.78, 5) is 8.27. The molecule has 0 aromatic carbocycles. The van der Waals surface area contributed by atoms with Crippen LogP contribution in [0.4, 0.5) is 0 Å². The van der Waals surface area contributed by atoms with Crippen molar-refractivity contribution < 1.29 is 4.42 Å². The number of nitrogens with zero attached hydrogens (tertiary/aromatic N) is 2. The molecule has 90 valence electrons. The van der Waals surface area contributed by atoms with Crippen molar-refractivity contribution in [2.24, 2.45) is 0 Å². The number of nitrogens with one attached hydrogen (secondary N) is 1. The highest BCUT2D eigenvalue weighted by Gasteiger charge is 2.05. The zero-order valence-corrected chi connectivity index (χ0v) is 10.5. The highest BCUT2D eigenvalue weighted by Crippen LogP contribution is 2.18. The summed E-state index contributed by atoms with van der Waals surface area (Å²) in [5.41, 5.74) is 0. The van der Waals surface area contributed by atoms with Crippen molar-refractivity contribution in [1.29, 1.82) is 0 Å². The molecule has 0 radical (unpaired) electrons. The Hall–Kier alpha value is -1.33. The molecule has 0 saturated carbocycles. The van der Waals surface area contributed by atoms with Gasteiger partial charge in [-0.2, -0.15) is 0 Å². The predicted octanol–water partition coefficient (Wildman–Crippen LogP) is 2.34. The minimum atomic E-state index is 0.446. The molecule has 0 aliphatic carbocycles. The first-order chi connectivity index (χ1) is 8.34. The summed E-state index contributed by atoms with van der Waals surface area (Å²) in [6, 6.07) is 3.86. The molecule has 2 heterocycles. The number of rotatable bonds is 6. The van der Waals surface area contributed by atoms with Gasteiger partial charge in [0.25, 0.3) is 0 Å². The maximum absolute atomic E-state index is 5.24. The van der Waals surface area contributed by atoms with Gasteiger partial charge in [0, 0.05) is 24.2 Å². The predicted molar refractivity (Wildman–Crippen MR) is 67.8 cm³/mol. The van der Waals surface area contributed by atoms with Crippen LogP contribution in [-0.4, -0.2) is 21.8 Å². The first kappa shape index (κ1) is 12.1. The van der Waals surface area contributed by atoms with Crippen molar-refractivity contribution in [3.63, 3.8) is 0 Å². The van der Waals surface area contributed by atoms with E-state index in [0.29, 0.717) is 5.25 Å². The fourth-order valence-electron chi connectivity index (χ4n) is 1.41. The number of thioether (sulfide) groups is 1. The molecule has 0 aliphatic rings. The van der Waals surface area contributed by atoms with E-state index in [1.807, 2.05) is 12.1 Å². The lowest BCUT2D eigenvalue weighted by Gasteiger charge is -2.10. The summed E-state index contributed by atoms with van der Waals surface area (Å²) >= 11 is 1.71. The topological polar surface area (TPSA) is 51.0 Å². The van der Waals surface area contributed by atoms with Crippen LogP contribution in [0.25, 0.3) is 0 Å². The average Bonchev–Trinajstić information content (AvgIpc) is 2.83. The number of hydrogen-bond acceptors (Lipinski definition) is 5. The lowest BCUT2D eigenvalue weighted by Crippen LogP contribution is -2.22. The molecule has 0 bridgehead atoms. The minimum Gasteiger partial charge on any atom is -0.468 e. The van der Waals surface area contributed by atoms with E-state index in [4.69, 9.17) is 4.42 Å². The van der Waals surface area contributed by atoms with Gasteiger partial charge in [-0.15, -0.1) is 11.8 Å². The van der Waals surface area contributed by atoms with Crippen molar-refractivity contribution in [2.75, 3.05) is 6.54 Å². The fraction of sp³-hybridized carbons (Fsp3) is 0.333. The zero-order chi connectivity index (χ0) is 11.9. The van der Waals surface area contributed by atoms with Crippen LogP contribution in [0.1, 0.15) is 12.7 Å². The van der Waals surface area contributed by atoms with Gasteiger partial charge in [-0.05, 0) is 12.1 Å². The number of furan rings is 1. The molecule has 2 aromatic rings. The number of aromatic nitrogens is 2. The normalized spacial score (nSPS) is 12.5. The molecule has 0 spiro atoms. The van der Waals surface area contributed by atoms with E-state index in [9.17, 15) is 0 Å². The lowest BCUT2D eigenvalue weighted by atomic mass is 10.4. The van der Waals surface area contributed by atoms with Crippen LogP contribution >= 0.6 is 11.8 Å². The van der Waals surface area contributed by atoms with Gasteiger partial charge in [0.1, 0.15) is 10.8 Å². The second-order valence-electron chi connectivity index (χ2n) is 3.68. The molecule has 1 atom stereocenters. The second kappa shape index (κ2) is 6.42. The average molecular weight is 249 g/mol. The summed E-state index contributed by atoms with van der Waals surface area (Å²) in [7, 11) is 0. The third kappa shape index (κ3) is 4.20. The van der Waals surface area contributed by atoms with E-state index in [1.54, 1.807) is 36.6 Å². The van der Waals surface area contributed by atoms with Crippen molar-refractivity contribution in [3.05, 3.63) is 42.7 Å². The second-order valence-corrected chi connectivity index (χ2v) is 5.14. The van der Waals surface area contributed by atoms with E-state index in [1.165, 1.54) is 0 Å². The highest BCUT2D eigenvalue weighted by molar-refractivity contribution is 7.99. The molecule has 0 aliphatic heterocycles. The Morgan fingerprint density at radius 1 is 1.47 bits per heavy atom. The molecular weight excluding hydrogens is 234 g/mol. The molecule has 0 amide bonds. The smallest absolute Gasteiger partial charge is 0.117 e. The summed E-state index contributed by atoms with van der Waals surface area (Å²) in [6.45, 7) is 3.83. The van der Waals surface area contributed by atoms with E-state index in [-0.39, 0.29) is 0 Å². The molecule has 0 saturated heterocycles. The minimum absolute atomic E-state index is 0.446. The van der Waals surface area contributed by atoms with Gasteiger partial charge in [0.15, 0.2) is 0 Å². The van der Waals surface area contributed by atoms with Crippen LogP contribution in [-0.2, 0) is 6.54 Å². The maximum atomic E-state index is 5.24. The fourth-order valence-corrected chi connectivity index (χ4v) is 2.26. The number of hydrogen-bond donors (Lipinski definition) is 1. The van der Waals surface area contributed by atoms with Crippen molar-refractivity contribution in [3.8, 4) is 0 Å². The molecule has 2 aromatic heterocycles. The quantitative estimate of drug-likeness (QED) is 0.796. The van der Waals surface area contributed by atoms with Gasteiger partial charge in [-0.25, -0.2) is 4.98 Å². The SMILES string of the molecule is CC(CNCc1ccco1)Sc1cnccn1. The van der Waals surface area contributed by atoms with Crippen molar-refractivity contribution in [2.45, 2.75) is 23.7 Å². The Morgan fingerprint density at radius 2 is 2.41 bits per heavy atom. The summed E-state index contributed by atoms with van der Waals surface area (Å²) < 4.78 is 5.24. The molecule has 4 nitrogen and oxygen atoms in total. The Bertz CT molecular complexity index is 419. The van der Waals surface area contributed by atoms with Crippen LogP contribution in [0.15, 0.2) is 46.4 Å². The van der Waals surface area contributed by atoms with Crippen LogP contribution in [0.2, 0.25) is 0 Å². The molecule has 0 fully saturated rings. The summed E-state index contributed by atoms with van der Waals surface area (Å²) in [5, 5.41) is 4.75. The molecule has 5 heteroatoms. The van der Waals surface area contributed by atoms with Crippen LogP contribution < -0.4 is 5.32 Å². The highest BCUT2D eigenvalue weighted by atomic mass is 32.2. The van der Waals surface area contributed by atoms with E-state index in [2.05, 4.69) is 22.2 Å². The van der Waals surface area contributed by atoms with Gasteiger partial charge < -0.3 is 9.73 Å². The standard InChI is InChI=1S/C12H15N3OS/c1-10(17-12-9-13-4-5-15-12)7-14-8-11-3-2-6-16-11/h2-6,9-10,14H,7-8H2,1H3. The van der Waals surface area contributed by atoms with Gasteiger partial charge in [-0.3, -0.25) is 4.98 Å².